The average Bonchev–Trinajstić information content (AvgIpc) is 2.58. The smallest absolute Gasteiger partial charge is 0.191 e. The van der Waals surface area contributed by atoms with Crippen LogP contribution in [0.5, 0.6) is 0 Å². The van der Waals surface area contributed by atoms with Gasteiger partial charge in [0, 0.05) is 44.1 Å². The number of ether oxygens (including phenoxy) is 1. The van der Waals surface area contributed by atoms with Crippen molar-refractivity contribution in [3.63, 3.8) is 0 Å². The van der Waals surface area contributed by atoms with E-state index in [1.807, 2.05) is 7.05 Å². The summed E-state index contributed by atoms with van der Waals surface area (Å²) in [4.78, 5) is 6.99. The normalized spacial score (nSPS) is 34.4. The van der Waals surface area contributed by atoms with Crippen LogP contribution in [0.1, 0.15) is 46.0 Å². The molecule has 0 aromatic heterocycles. The van der Waals surface area contributed by atoms with Gasteiger partial charge in [-0.25, -0.2) is 0 Å². The van der Waals surface area contributed by atoms with Crippen molar-refractivity contribution >= 4 is 5.96 Å². The third kappa shape index (κ3) is 3.66. The zero-order chi connectivity index (χ0) is 16.3. The van der Waals surface area contributed by atoms with E-state index in [4.69, 9.17) is 4.74 Å². The Labute approximate surface area is 141 Å². The molecule has 0 bridgehead atoms. The molecular formula is C18H34N4O. The lowest BCUT2D eigenvalue weighted by molar-refractivity contribution is -0.188. The highest BCUT2D eigenvalue weighted by molar-refractivity contribution is 5.80. The van der Waals surface area contributed by atoms with Gasteiger partial charge in [-0.15, -0.1) is 0 Å². The fraction of sp³-hybridized carbons (Fsp3) is 0.944. The van der Waals surface area contributed by atoms with Gasteiger partial charge < -0.3 is 20.3 Å². The third-order valence-corrected chi connectivity index (χ3v) is 6.02. The lowest BCUT2D eigenvalue weighted by Gasteiger charge is -2.60. The molecule has 0 aromatic rings. The topological polar surface area (TPSA) is 48.9 Å². The molecular weight excluding hydrogens is 288 g/mol. The number of rotatable bonds is 4. The highest BCUT2D eigenvalue weighted by atomic mass is 16.5. The van der Waals surface area contributed by atoms with Crippen molar-refractivity contribution in [1.29, 1.82) is 0 Å². The van der Waals surface area contributed by atoms with E-state index >= 15 is 0 Å². The quantitative estimate of drug-likeness (QED) is 0.612. The maximum atomic E-state index is 5.99. The van der Waals surface area contributed by atoms with E-state index in [0.717, 1.165) is 25.7 Å². The van der Waals surface area contributed by atoms with Crippen LogP contribution >= 0.6 is 0 Å². The molecule has 3 atom stereocenters. The number of aliphatic imine (C=N–C) groups is 1. The Morgan fingerprint density at radius 2 is 2.00 bits per heavy atom. The van der Waals surface area contributed by atoms with Gasteiger partial charge in [-0.05, 0) is 38.8 Å². The van der Waals surface area contributed by atoms with Crippen molar-refractivity contribution in [3.05, 3.63) is 0 Å². The van der Waals surface area contributed by atoms with E-state index in [1.54, 1.807) is 0 Å². The van der Waals surface area contributed by atoms with Crippen LogP contribution in [0.3, 0.4) is 0 Å². The number of nitrogens with one attached hydrogen (secondary N) is 2. The predicted molar refractivity (Wildman–Crippen MR) is 94.8 cm³/mol. The fourth-order valence-electron chi connectivity index (χ4n) is 4.67. The van der Waals surface area contributed by atoms with Gasteiger partial charge in [0.15, 0.2) is 5.96 Å². The monoisotopic (exact) mass is 322 g/mol. The van der Waals surface area contributed by atoms with Crippen molar-refractivity contribution in [3.8, 4) is 0 Å². The molecule has 1 aliphatic carbocycles. The summed E-state index contributed by atoms with van der Waals surface area (Å²) in [5, 5.41) is 7.18. The molecule has 3 rings (SSSR count). The molecule has 2 aliphatic heterocycles. The average molecular weight is 322 g/mol. The van der Waals surface area contributed by atoms with Gasteiger partial charge >= 0.3 is 0 Å². The van der Waals surface area contributed by atoms with Gasteiger partial charge in [0.05, 0.1) is 6.10 Å². The van der Waals surface area contributed by atoms with Crippen molar-refractivity contribution in [2.24, 2.45) is 16.3 Å². The van der Waals surface area contributed by atoms with E-state index in [-0.39, 0.29) is 5.41 Å². The first-order valence-electron chi connectivity index (χ1n) is 9.44. The zero-order valence-electron chi connectivity index (χ0n) is 15.1. The number of piperidine rings is 1. The van der Waals surface area contributed by atoms with Crippen LogP contribution in [0.25, 0.3) is 0 Å². The first-order chi connectivity index (χ1) is 11.1. The van der Waals surface area contributed by atoms with Crippen LogP contribution in [0.2, 0.25) is 0 Å². The van der Waals surface area contributed by atoms with Gasteiger partial charge in [0.1, 0.15) is 0 Å². The van der Waals surface area contributed by atoms with Crippen LogP contribution in [-0.4, -0.2) is 62.8 Å². The van der Waals surface area contributed by atoms with Crippen molar-refractivity contribution in [2.45, 2.75) is 58.1 Å². The van der Waals surface area contributed by atoms with Crippen LogP contribution in [-0.2, 0) is 4.74 Å². The molecule has 0 radical (unpaired) electrons. The van der Waals surface area contributed by atoms with Crippen LogP contribution in [0.4, 0.5) is 0 Å². The molecule has 5 heteroatoms. The second-order valence-corrected chi connectivity index (χ2v) is 7.94. The van der Waals surface area contributed by atoms with Crippen molar-refractivity contribution in [2.75, 3.05) is 39.8 Å². The van der Waals surface area contributed by atoms with Gasteiger partial charge in [-0.2, -0.15) is 0 Å². The molecule has 2 saturated heterocycles. The Hall–Kier alpha value is -0.810. The van der Waals surface area contributed by atoms with Crippen LogP contribution < -0.4 is 10.6 Å². The first kappa shape index (κ1) is 17.0. The second kappa shape index (κ2) is 7.39. The van der Waals surface area contributed by atoms with E-state index in [2.05, 4.69) is 34.4 Å². The van der Waals surface area contributed by atoms with Crippen LogP contribution in [0.15, 0.2) is 4.99 Å². The molecule has 0 spiro atoms. The first-order valence-corrected chi connectivity index (χ1v) is 9.44. The SMILES string of the molecule is CN=C(NCCN1CCCCC1)NC1C2CCCOC2C1(C)C. The van der Waals surface area contributed by atoms with E-state index < -0.39 is 0 Å². The van der Waals surface area contributed by atoms with Gasteiger partial charge in [-0.1, -0.05) is 20.3 Å². The Morgan fingerprint density at radius 1 is 1.22 bits per heavy atom. The number of hydrogen-bond acceptors (Lipinski definition) is 3. The predicted octanol–water partition coefficient (Wildman–Crippen LogP) is 1.84. The summed E-state index contributed by atoms with van der Waals surface area (Å²) in [5.41, 5.74) is 0.190. The van der Waals surface area contributed by atoms with E-state index in [0.29, 0.717) is 18.1 Å². The molecule has 1 saturated carbocycles. The lowest BCUT2D eigenvalue weighted by Crippen LogP contribution is -2.71. The highest BCUT2D eigenvalue weighted by Crippen LogP contribution is 2.51. The third-order valence-electron chi connectivity index (χ3n) is 6.02. The summed E-state index contributed by atoms with van der Waals surface area (Å²) in [6.45, 7) is 10.2. The number of likely N-dealkylation sites (tertiary alicyclic amines) is 1. The molecule has 23 heavy (non-hydrogen) atoms. The summed E-state index contributed by atoms with van der Waals surface area (Å²) in [5.74, 6) is 1.59. The maximum absolute atomic E-state index is 5.99. The summed E-state index contributed by atoms with van der Waals surface area (Å²) in [6.07, 6.45) is 6.99. The summed E-state index contributed by atoms with van der Waals surface area (Å²) in [7, 11) is 1.87. The number of nitrogens with zero attached hydrogens (tertiary/aromatic N) is 2. The molecule has 5 nitrogen and oxygen atoms in total. The molecule has 0 aromatic carbocycles. The molecule has 2 heterocycles. The summed E-state index contributed by atoms with van der Waals surface area (Å²) in [6, 6.07) is 0.467. The minimum Gasteiger partial charge on any atom is -0.377 e. The minimum atomic E-state index is 0.190. The van der Waals surface area contributed by atoms with Gasteiger partial charge in [0.2, 0.25) is 0 Å². The standard InChI is InChI=1S/C18H34N4O/c1-18(2)15(14-8-7-13-23-16(14)18)21-17(19-3)20-9-12-22-10-5-4-6-11-22/h14-16H,4-13H2,1-3H3,(H2,19,20,21). The lowest BCUT2D eigenvalue weighted by atomic mass is 9.55. The van der Waals surface area contributed by atoms with Crippen LogP contribution in [0, 0.1) is 11.3 Å². The molecule has 3 unspecified atom stereocenters. The molecule has 0 amide bonds. The molecule has 3 aliphatic rings. The Kier molecular flexibility index (Phi) is 5.47. The zero-order valence-corrected chi connectivity index (χ0v) is 15.1. The van der Waals surface area contributed by atoms with Crippen molar-refractivity contribution < 1.29 is 4.74 Å². The summed E-state index contributed by atoms with van der Waals surface area (Å²) >= 11 is 0. The van der Waals surface area contributed by atoms with E-state index in [1.165, 1.54) is 45.2 Å². The number of guanidine groups is 1. The molecule has 132 valence electrons. The maximum Gasteiger partial charge on any atom is 0.191 e. The Bertz CT molecular complexity index is 417. The molecule has 2 N–H and O–H groups in total. The van der Waals surface area contributed by atoms with Crippen molar-refractivity contribution in [1.82, 2.24) is 15.5 Å². The Morgan fingerprint density at radius 3 is 2.74 bits per heavy atom. The van der Waals surface area contributed by atoms with E-state index in [9.17, 15) is 0 Å². The second-order valence-electron chi connectivity index (χ2n) is 7.94. The summed E-state index contributed by atoms with van der Waals surface area (Å²) < 4.78 is 5.99. The highest BCUT2D eigenvalue weighted by Gasteiger charge is 2.58. The minimum absolute atomic E-state index is 0.190. The van der Waals surface area contributed by atoms with Gasteiger partial charge in [-0.3, -0.25) is 4.99 Å². The number of fused-ring (bicyclic) bond motifs is 1. The number of hydrogen-bond donors (Lipinski definition) is 2. The largest absolute Gasteiger partial charge is 0.377 e. The fourth-order valence-corrected chi connectivity index (χ4v) is 4.67. The van der Waals surface area contributed by atoms with Gasteiger partial charge in [0.25, 0.3) is 0 Å². The molecule has 3 fully saturated rings. The Balaban J connectivity index is 1.45.